The predicted octanol–water partition coefficient (Wildman–Crippen LogP) is -0.416. The van der Waals surface area contributed by atoms with E-state index in [2.05, 4.69) is 4.89 Å². The van der Waals surface area contributed by atoms with E-state index in [0.29, 0.717) is 0 Å². The van der Waals surface area contributed by atoms with E-state index in [0.717, 1.165) is 30.0 Å². The molecule has 0 bridgehead atoms. The number of hydrogen-bond donors (Lipinski definition) is 2. The highest BCUT2D eigenvalue weighted by atomic mass is 32.2. The Bertz CT molecular complexity index is 284. The SMILES string of the molecule is CN(C)S(=O)(=O)NOC1CCC(N)CC1. The van der Waals surface area contributed by atoms with E-state index in [1.54, 1.807) is 0 Å². The molecule has 1 rings (SSSR count). The molecule has 0 unspecified atom stereocenters. The second-order valence-electron chi connectivity index (χ2n) is 4.03. The van der Waals surface area contributed by atoms with Crippen molar-refractivity contribution in [3.8, 4) is 0 Å². The third-order valence-electron chi connectivity index (χ3n) is 2.52. The van der Waals surface area contributed by atoms with E-state index >= 15 is 0 Å². The van der Waals surface area contributed by atoms with E-state index in [1.165, 1.54) is 14.1 Å². The van der Waals surface area contributed by atoms with Gasteiger partial charge in [-0.25, -0.2) is 0 Å². The summed E-state index contributed by atoms with van der Waals surface area (Å²) in [5.41, 5.74) is 5.72. The van der Waals surface area contributed by atoms with Crippen LogP contribution in [0.5, 0.6) is 0 Å². The largest absolute Gasteiger partial charge is 0.328 e. The molecule has 0 aliphatic heterocycles. The van der Waals surface area contributed by atoms with Gasteiger partial charge in [0.1, 0.15) is 0 Å². The second-order valence-corrected chi connectivity index (χ2v) is 5.87. The van der Waals surface area contributed by atoms with Crippen LogP contribution in [0.3, 0.4) is 0 Å². The highest BCUT2D eigenvalue weighted by molar-refractivity contribution is 7.86. The Morgan fingerprint density at radius 1 is 1.27 bits per heavy atom. The maximum Gasteiger partial charge on any atom is 0.301 e. The molecule has 6 nitrogen and oxygen atoms in total. The molecule has 90 valence electrons. The van der Waals surface area contributed by atoms with Crippen molar-refractivity contribution < 1.29 is 13.3 Å². The van der Waals surface area contributed by atoms with E-state index in [-0.39, 0.29) is 12.1 Å². The number of rotatable bonds is 4. The van der Waals surface area contributed by atoms with Crippen LogP contribution in [0.4, 0.5) is 0 Å². The van der Waals surface area contributed by atoms with Gasteiger partial charge < -0.3 is 5.73 Å². The molecule has 0 radical (unpaired) electrons. The van der Waals surface area contributed by atoms with Crippen LogP contribution in [-0.4, -0.2) is 39.0 Å². The fourth-order valence-corrected chi connectivity index (χ4v) is 1.82. The highest BCUT2D eigenvalue weighted by Crippen LogP contribution is 2.19. The second kappa shape index (κ2) is 5.22. The highest BCUT2D eigenvalue weighted by Gasteiger charge is 2.22. The lowest BCUT2D eigenvalue weighted by Crippen LogP contribution is -2.40. The molecular weight excluding hydrogens is 218 g/mol. The van der Waals surface area contributed by atoms with E-state index in [4.69, 9.17) is 10.6 Å². The van der Waals surface area contributed by atoms with Crippen LogP contribution in [0.2, 0.25) is 0 Å². The van der Waals surface area contributed by atoms with E-state index in [1.807, 2.05) is 0 Å². The summed E-state index contributed by atoms with van der Waals surface area (Å²) in [4.78, 5) is 7.22. The van der Waals surface area contributed by atoms with Gasteiger partial charge in [-0.1, -0.05) is 4.89 Å². The normalized spacial score (nSPS) is 28.3. The van der Waals surface area contributed by atoms with Crippen molar-refractivity contribution >= 4 is 10.2 Å². The Labute approximate surface area is 90.9 Å². The monoisotopic (exact) mass is 237 g/mol. The van der Waals surface area contributed by atoms with Gasteiger partial charge in [-0.2, -0.15) is 12.7 Å². The molecule has 1 aliphatic rings. The molecule has 0 saturated heterocycles. The van der Waals surface area contributed by atoms with Gasteiger partial charge >= 0.3 is 10.2 Å². The lowest BCUT2D eigenvalue weighted by Gasteiger charge is -2.26. The van der Waals surface area contributed by atoms with Gasteiger partial charge in [0, 0.05) is 20.1 Å². The van der Waals surface area contributed by atoms with Crippen molar-refractivity contribution in [2.75, 3.05) is 14.1 Å². The first-order valence-electron chi connectivity index (χ1n) is 5.02. The molecule has 1 fully saturated rings. The molecule has 0 heterocycles. The number of nitrogens with two attached hydrogens (primary N) is 1. The van der Waals surface area contributed by atoms with Crippen LogP contribution in [0, 0.1) is 0 Å². The van der Waals surface area contributed by atoms with Crippen molar-refractivity contribution in [1.29, 1.82) is 0 Å². The lowest BCUT2D eigenvalue weighted by molar-refractivity contribution is -0.00846. The summed E-state index contributed by atoms with van der Waals surface area (Å²) in [6, 6.07) is 0.232. The van der Waals surface area contributed by atoms with E-state index in [9.17, 15) is 8.42 Å². The van der Waals surface area contributed by atoms with Crippen LogP contribution in [-0.2, 0) is 15.0 Å². The zero-order chi connectivity index (χ0) is 11.5. The molecule has 0 atom stereocenters. The molecular formula is C8H19N3O3S. The predicted molar refractivity (Wildman–Crippen MR) is 57.1 cm³/mol. The Balaban J connectivity index is 2.32. The number of nitrogens with one attached hydrogen (secondary N) is 1. The van der Waals surface area contributed by atoms with Crippen LogP contribution in [0.25, 0.3) is 0 Å². The van der Waals surface area contributed by atoms with Crippen molar-refractivity contribution in [1.82, 2.24) is 9.19 Å². The molecule has 0 aromatic heterocycles. The zero-order valence-corrected chi connectivity index (χ0v) is 9.96. The lowest BCUT2D eigenvalue weighted by atomic mass is 9.94. The Morgan fingerprint density at radius 2 is 1.80 bits per heavy atom. The molecule has 3 N–H and O–H groups in total. The summed E-state index contributed by atoms with van der Waals surface area (Å²) in [5.74, 6) is 0. The summed E-state index contributed by atoms with van der Waals surface area (Å²) in [7, 11) is -0.587. The topological polar surface area (TPSA) is 84.7 Å². The summed E-state index contributed by atoms with van der Waals surface area (Å²) in [5, 5.41) is 0. The molecule has 0 spiro atoms. The fraction of sp³-hybridized carbons (Fsp3) is 1.00. The molecule has 1 saturated carbocycles. The first kappa shape index (κ1) is 12.9. The minimum atomic E-state index is -3.48. The van der Waals surface area contributed by atoms with E-state index < -0.39 is 10.2 Å². The Morgan fingerprint density at radius 3 is 2.27 bits per heavy atom. The quantitative estimate of drug-likeness (QED) is 0.651. The molecule has 1 aliphatic carbocycles. The Hall–Kier alpha value is -0.210. The average molecular weight is 237 g/mol. The van der Waals surface area contributed by atoms with Gasteiger partial charge in [0.15, 0.2) is 0 Å². The molecule has 15 heavy (non-hydrogen) atoms. The summed E-state index contributed by atoms with van der Waals surface area (Å²) in [6.07, 6.45) is 3.32. The fourth-order valence-electron chi connectivity index (χ4n) is 1.41. The first-order chi connectivity index (χ1) is 6.92. The number of nitrogens with zero attached hydrogens (tertiary/aromatic N) is 1. The third-order valence-corrected chi connectivity index (χ3v) is 3.79. The van der Waals surface area contributed by atoms with Crippen LogP contribution < -0.4 is 10.6 Å². The molecule has 0 amide bonds. The minimum Gasteiger partial charge on any atom is -0.328 e. The molecule has 0 aromatic rings. The number of hydrogen-bond acceptors (Lipinski definition) is 4. The standard InChI is InChI=1S/C8H19N3O3S/c1-11(2)15(12,13)10-14-8-5-3-7(9)4-6-8/h7-8,10H,3-6,9H2,1-2H3. The van der Waals surface area contributed by atoms with Crippen LogP contribution in [0.1, 0.15) is 25.7 Å². The molecule has 0 aromatic carbocycles. The van der Waals surface area contributed by atoms with Crippen molar-refractivity contribution in [3.63, 3.8) is 0 Å². The van der Waals surface area contributed by atoms with Gasteiger partial charge in [-0.3, -0.25) is 4.84 Å². The first-order valence-corrected chi connectivity index (χ1v) is 6.46. The van der Waals surface area contributed by atoms with Gasteiger partial charge in [0.25, 0.3) is 0 Å². The van der Waals surface area contributed by atoms with Crippen molar-refractivity contribution in [2.45, 2.75) is 37.8 Å². The average Bonchev–Trinajstić information content (AvgIpc) is 2.17. The van der Waals surface area contributed by atoms with Gasteiger partial charge in [-0.15, -0.1) is 0 Å². The minimum absolute atomic E-state index is 0.0560. The van der Waals surface area contributed by atoms with Gasteiger partial charge in [0.2, 0.25) is 0 Å². The maximum absolute atomic E-state index is 11.3. The Kier molecular flexibility index (Phi) is 4.47. The summed E-state index contributed by atoms with van der Waals surface area (Å²) in [6.45, 7) is 0. The summed E-state index contributed by atoms with van der Waals surface area (Å²) < 4.78 is 23.7. The van der Waals surface area contributed by atoms with Crippen molar-refractivity contribution in [3.05, 3.63) is 0 Å². The zero-order valence-electron chi connectivity index (χ0n) is 9.14. The smallest absolute Gasteiger partial charge is 0.301 e. The van der Waals surface area contributed by atoms with Gasteiger partial charge in [0.05, 0.1) is 6.10 Å². The summed E-state index contributed by atoms with van der Waals surface area (Å²) >= 11 is 0. The third kappa shape index (κ3) is 4.04. The molecule has 7 heteroatoms. The van der Waals surface area contributed by atoms with Crippen molar-refractivity contribution in [2.24, 2.45) is 5.73 Å². The van der Waals surface area contributed by atoms with Crippen LogP contribution >= 0.6 is 0 Å². The maximum atomic E-state index is 11.3. The van der Waals surface area contributed by atoms with Crippen LogP contribution in [0.15, 0.2) is 0 Å². The van der Waals surface area contributed by atoms with Gasteiger partial charge in [-0.05, 0) is 25.7 Å².